The van der Waals surface area contributed by atoms with Crippen LogP contribution in [0.3, 0.4) is 0 Å². The van der Waals surface area contributed by atoms with Crippen LogP contribution in [0.15, 0.2) is 54.6 Å². The van der Waals surface area contributed by atoms with Gasteiger partial charge < -0.3 is 10.2 Å². The Morgan fingerprint density at radius 3 is 2.29 bits per heavy atom. The average molecular weight is 461 g/mol. The molecule has 2 aromatic carbocycles. The van der Waals surface area contributed by atoms with Crippen LogP contribution in [0.2, 0.25) is 5.02 Å². The Morgan fingerprint density at radius 2 is 1.68 bits per heavy atom. The molecule has 0 saturated heterocycles. The van der Waals surface area contributed by atoms with Crippen LogP contribution in [0, 0.1) is 0 Å². The zero-order chi connectivity index (χ0) is 22.6. The molecule has 0 radical (unpaired) electrons. The maximum absolute atomic E-state index is 13.2. The van der Waals surface area contributed by atoms with E-state index < -0.39 is 6.04 Å². The lowest BCUT2D eigenvalue weighted by Gasteiger charge is -2.31. The van der Waals surface area contributed by atoms with E-state index in [1.807, 2.05) is 63.2 Å². The van der Waals surface area contributed by atoms with Gasteiger partial charge in [-0.15, -0.1) is 0 Å². The molecule has 31 heavy (non-hydrogen) atoms. The summed E-state index contributed by atoms with van der Waals surface area (Å²) in [5.74, 6) is 1.50. The molecule has 6 heteroatoms. The zero-order valence-corrected chi connectivity index (χ0v) is 20.2. The summed E-state index contributed by atoms with van der Waals surface area (Å²) in [6, 6.07) is 17.3. The summed E-state index contributed by atoms with van der Waals surface area (Å²) >= 11 is 7.75. The highest BCUT2D eigenvalue weighted by Gasteiger charge is 2.28. The number of amides is 2. The van der Waals surface area contributed by atoms with Crippen LogP contribution in [0.1, 0.15) is 51.2 Å². The average Bonchev–Trinajstić information content (AvgIpc) is 2.78. The summed E-state index contributed by atoms with van der Waals surface area (Å²) in [6.45, 7) is 6.36. The van der Waals surface area contributed by atoms with E-state index in [1.165, 1.54) is 5.56 Å². The highest BCUT2D eigenvalue weighted by Crippen LogP contribution is 2.18. The van der Waals surface area contributed by atoms with Crippen molar-refractivity contribution in [1.29, 1.82) is 0 Å². The van der Waals surface area contributed by atoms with E-state index >= 15 is 0 Å². The largest absolute Gasteiger partial charge is 0.352 e. The molecule has 0 fully saturated rings. The molecule has 2 rings (SSSR count). The first-order valence-corrected chi connectivity index (χ1v) is 12.4. The molecule has 0 aliphatic heterocycles. The van der Waals surface area contributed by atoms with E-state index in [0.29, 0.717) is 30.2 Å². The number of carbonyl (C=O) groups excluding carboxylic acids is 2. The minimum absolute atomic E-state index is 0.00154. The van der Waals surface area contributed by atoms with Crippen molar-refractivity contribution in [2.24, 2.45) is 0 Å². The molecule has 0 saturated carbocycles. The summed E-state index contributed by atoms with van der Waals surface area (Å²) in [7, 11) is 0. The molecular formula is C25H33ClN2O2S. The molecule has 2 atom stereocenters. The van der Waals surface area contributed by atoms with Gasteiger partial charge in [-0.3, -0.25) is 9.59 Å². The third kappa shape index (κ3) is 8.58. The van der Waals surface area contributed by atoms with E-state index in [-0.39, 0.29) is 17.9 Å². The molecule has 4 nitrogen and oxygen atoms in total. The Hall–Kier alpha value is -1.98. The third-order valence-corrected chi connectivity index (χ3v) is 6.51. The van der Waals surface area contributed by atoms with Gasteiger partial charge in [-0.2, -0.15) is 11.8 Å². The molecule has 168 valence electrons. The second-order valence-corrected chi connectivity index (χ2v) is 9.22. The van der Waals surface area contributed by atoms with Gasteiger partial charge in [0.25, 0.3) is 0 Å². The van der Waals surface area contributed by atoms with Gasteiger partial charge >= 0.3 is 0 Å². The van der Waals surface area contributed by atoms with Crippen molar-refractivity contribution < 1.29 is 9.59 Å². The molecule has 0 heterocycles. The molecule has 2 amide bonds. The third-order valence-electron chi connectivity index (χ3n) is 5.22. The second kappa shape index (κ2) is 13.4. The maximum Gasteiger partial charge on any atom is 0.243 e. The van der Waals surface area contributed by atoms with E-state index in [9.17, 15) is 9.59 Å². The Kier molecular flexibility index (Phi) is 11.0. The molecular weight excluding hydrogens is 428 g/mol. The van der Waals surface area contributed by atoms with Crippen LogP contribution < -0.4 is 5.32 Å². The van der Waals surface area contributed by atoms with Crippen molar-refractivity contribution in [3.8, 4) is 0 Å². The Bertz CT molecular complexity index is 814. The summed E-state index contributed by atoms with van der Waals surface area (Å²) in [4.78, 5) is 27.8. The normalized spacial score (nSPS) is 12.8. The fourth-order valence-electron chi connectivity index (χ4n) is 3.21. The number of thioether (sulfide) groups is 1. The maximum atomic E-state index is 13.2. The number of nitrogens with one attached hydrogen (secondary N) is 1. The van der Waals surface area contributed by atoms with Gasteiger partial charge in [-0.05, 0) is 43.0 Å². The summed E-state index contributed by atoms with van der Waals surface area (Å²) in [5.41, 5.74) is 2.21. The predicted molar refractivity (Wildman–Crippen MR) is 131 cm³/mol. The molecule has 0 bridgehead atoms. The number of hydrogen-bond donors (Lipinski definition) is 1. The van der Waals surface area contributed by atoms with Crippen LogP contribution in [0.5, 0.6) is 0 Å². The predicted octanol–water partition coefficient (Wildman–Crippen LogP) is 5.69. The van der Waals surface area contributed by atoms with Gasteiger partial charge in [0.1, 0.15) is 6.04 Å². The Balaban J connectivity index is 2.06. The van der Waals surface area contributed by atoms with Crippen LogP contribution >= 0.6 is 23.4 Å². The molecule has 0 aliphatic rings. The summed E-state index contributed by atoms with van der Waals surface area (Å²) < 4.78 is 0. The smallest absolute Gasteiger partial charge is 0.243 e. The van der Waals surface area contributed by atoms with Crippen molar-refractivity contribution in [3.63, 3.8) is 0 Å². The monoisotopic (exact) mass is 460 g/mol. The highest BCUT2D eigenvalue weighted by atomic mass is 35.5. The lowest BCUT2D eigenvalue weighted by atomic mass is 10.1. The molecule has 0 unspecified atom stereocenters. The van der Waals surface area contributed by atoms with Crippen molar-refractivity contribution in [1.82, 2.24) is 10.2 Å². The molecule has 2 aromatic rings. The minimum Gasteiger partial charge on any atom is -0.352 e. The van der Waals surface area contributed by atoms with E-state index in [4.69, 9.17) is 11.6 Å². The molecule has 0 aromatic heterocycles. The minimum atomic E-state index is -0.490. The first-order valence-electron chi connectivity index (χ1n) is 10.9. The molecule has 0 aliphatic carbocycles. The lowest BCUT2D eigenvalue weighted by Crippen LogP contribution is -2.50. The van der Waals surface area contributed by atoms with Gasteiger partial charge in [0, 0.05) is 35.5 Å². The molecule has 1 N–H and O–H groups in total. The van der Waals surface area contributed by atoms with Crippen molar-refractivity contribution in [2.45, 2.75) is 64.4 Å². The van der Waals surface area contributed by atoms with E-state index in [0.717, 1.165) is 17.7 Å². The standard InChI is InChI=1S/C25H33ClN2O2S/c1-4-19(3)27-25(30)23(5-2)28(17-20-11-13-22(26)14-12-20)24(29)15-16-31-18-21-9-7-6-8-10-21/h6-14,19,23H,4-5,15-18H2,1-3H3,(H,27,30)/t19-,23+/m1/s1. The fourth-order valence-corrected chi connectivity index (χ4v) is 4.23. The second-order valence-electron chi connectivity index (χ2n) is 7.68. The van der Waals surface area contributed by atoms with Gasteiger partial charge in [-0.25, -0.2) is 0 Å². The van der Waals surface area contributed by atoms with Crippen molar-refractivity contribution in [3.05, 3.63) is 70.7 Å². The Labute approximate surface area is 195 Å². The van der Waals surface area contributed by atoms with E-state index in [2.05, 4.69) is 17.4 Å². The van der Waals surface area contributed by atoms with Crippen molar-refractivity contribution in [2.75, 3.05) is 5.75 Å². The number of hydrogen-bond acceptors (Lipinski definition) is 3. The van der Waals surface area contributed by atoms with Crippen LogP contribution in [0.25, 0.3) is 0 Å². The van der Waals surface area contributed by atoms with Gasteiger partial charge in [0.2, 0.25) is 11.8 Å². The van der Waals surface area contributed by atoms with Gasteiger partial charge in [0.05, 0.1) is 0 Å². The van der Waals surface area contributed by atoms with Crippen LogP contribution in [0.4, 0.5) is 0 Å². The molecule has 0 spiro atoms. The summed E-state index contributed by atoms with van der Waals surface area (Å²) in [5, 5.41) is 3.69. The number of carbonyl (C=O) groups is 2. The van der Waals surface area contributed by atoms with Crippen LogP contribution in [-0.4, -0.2) is 34.6 Å². The number of rotatable bonds is 12. The number of halogens is 1. The quantitative estimate of drug-likeness (QED) is 0.414. The van der Waals surface area contributed by atoms with Crippen molar-refractivity contribution >= 4 is 35.2 Å². The van der Waals surface area contributed by atoms with Crippen LogP contribution in [-0.2, 0) is 21.9 Å². The zero-order valence-electron chi connectivity index (χ0n) is 18.6. The Morgan fingerprint density at radius 1 is 1.00 bits per heavy atom. The van der Waals surface area contributed by atoms with Gasteiger partial charge in [0.15, 0.2) is 0 Å². The van der Waals surface area contributed by atoms with Gasteiger partial charge in [-0.1, -0.05) is 67.9 Å². The van der Waals surface area contributed by atoms with E-state index in [1.54, 1.807) is 16.7 Å². The number of benzene rings is 2. The lowest BCUT2D eigenvalue weighted by molar-refractivity contribution is -0.141. The summed E-state index contributed by atoms with van der Waals surface area (Å²) in [6.07, 6.45) is 1.82. The first kappa shape index (κ1) is 25.3. The highest BCUT2D eigenvalue weighted by molar-refractivity contribution is 7.98. The topological polar surface area (TPSA) is 49.4 Å². The SMILES string of the molecule is CC[C@@H](C)NC(=O)[C@H](CC)N(Cc1ccc(Cl)cc1)C(=O)CCSCc1ccccc1. The first-order chi connectivity index (χ1) is 14.9. The fraction of sp³-hybridized carbons (Fsp3) is 0.440. The number of nitrogens with zero attached hydrogens (tertiary/aromatic N) is 1.